The molecule has 3 amide bonds. The molecule has 2 fully saturated rings. The van der Waals surface area contributed by atoms with Gasteiger partial charge in [-0.1, -0.05) is 35.2 Å². The summed E-state index contributed by atoms with van der Waals surface area (Å²) < 4.78 is 56.8. The van der Waals surface area contributed by atoms with Crippen LogP contribution < -0.4 is 19.2 Å². The largest absolute Gasteiger partial charge is 0.493 e. The van der Waals surface area contributed by atoms with Crippen molar-refractivity contribution >= 4 is 46.5 Å². The molecule has 6 rings (SSSR count). The molecule has 4 heterocycles. The molecular formula is C28H24F3N3O7S2. The number of ether oxygens (including phenoxy) is 3. The summed E-state index contributed by atoms with van der Waals surface area (Å²) in [4.78, 5) is 57.7. The van der Waals surface area contributed by atoms with E-state index in [-0.39, 0.29) is 34.6 Å². The number of nitrogens with zero attached hydrogens (tertiary/aromatic N) is 2. The number of alkyl halides is 3. The number of hydrogen-bond donors (Lipinski definition) is 1. The van der Waals surface area contributed by atoms with Crippen LogP contribution in [0.4, 0.5) is 18.9 Å². The number of thioether (sulfide) groups is 1. The van der Waals surface area contributed by atoms with Crippen molar-refractivity contribution in [2.45, 2.75) is 22.4 Å². The number of anilines is 1. The van der Waals surface area contributed by atoms with Crippen LogP contribution in [0.1, 0.15) is 21.9 Å². The Hall–Kier alpha value is -3.82. The number of aromatic nitrogens is 1. The van der Waals surface area contributed by atoms with Crippen molar-refractivity contribution in [1.29, 1.82) is 0 Å². The molecule has 3 unspecified atom stereocenters. The van der Waals surface area contributed by atoms with E-state index < -0.39 is 40.6 Å². The normalized spacial score (nSPS) is 21.9. The van der Waals surface area contributed by atoms with E-state index in [9.17, 15) is 32.3 Å². The average Bonchev–Trinajstić information content (AvgIpc) is 3.49. The number of fused-ring (bicyclic) bond motifs is 2. The van der Waals surface area contributed by atoms with Gasteiger partial charge in [0, 0.05) is 23.9 Å². The number of thiazole rings is 1. The summed E-state index contributed by atoms with van der Waals surface area (Å²) in [7, 11) is 1.41. The van der Waals surface area contributed by atoms with Gasteiger partial charge in [-0.25, -0.2) is 4.90 Å². The van der Waals surface area contributed by atoms with E-state index >= 15 is 0 Å². The molecule has 43 heavy (non-hydrogen) atoms. The number of amides is 3. The minimum atomic E-state index is -4.66. The first kappa shape index (κ1) is 29.3. The molecule has 0 saturated carbocycles. The standard InChI is InChI=1S/C28H24F3N3O7S2/c1-39-18-11-14(5-6-17(18)41-13-19(35)33-7-9-40-10-8-33)20-21-23(42-24-22(20)43-27(38)32-24)26(37)34(25(21)36)16-4-2-3-15(12-16)28(29,30)31/h2-6,11-12,20-21,23H,7-10,13H2,1H3,(H,32,38). The lowest BCUT2D eigenvalue weighted by atomic mass is 9.83. The van der Waals surface area contributed by atoms with E-state index in [1.165, 1.54) is 13.2 Å². The van der Waals surface area contributed by atoms with Crippen LogP contribution in [0.25, 0.3) is 0 Å². The van der Waals surface area contributed by atoms with Crippen LogP contribution in [0, 0.1) is 5.92 Å². The number of aromatic amines is 1. The molecule has 10 nitrogen and oxygen atoms in total. The van der Waals surface area contributed by atoms with Gasteiger partial charge >= 0.3 is 11.0 Å². The van der Waals surface area contributed by atoms with Gasteiger partial charge in [-0.3, -0.25) is 19.2 Å². The van der Waals surface area contributed by atoms with Gasteiger partial charge in [0.05, 0.1) is 42.5 Å². The van der Waals surface area contributed by atoms with Crippen LogP contribution in [0.2, 0.25) is 0 Å². The van der Waals surface area contributed by atoms with Crippen molar-refractivity contribution < 1.29 is 41.8 Å². The van der Waals surface area contributed by atoms with Gasteiger partial charge in [0.25, 0.3) is 5.91 Å². The van der Waals surface area contributed by atoms with Crippen LogP contribution in [-0.2, 0) is 25.3 Å². The molecule has 226 valence electrons. The van der Waals surface area contributed by atoms with E-state index in [1.54, 1.807) is 23.1 Å². The first-order valence-corrected chi connectivity index (χ1v) is 14.9. The number of rotatable bonds is 6. The van der Waals surface area contributed by atoms with E-state index in [4.69, 9.17) is 14.2 Å². The smallest absolute Gasteiger partial charge is 0.416 e. The van der Waals surface area contributed by atoms with Crippen molar-refractivity contribution in [2.24, 2.45) is 5.92 Å². The molecule has 2 saturated heterocycles. The average molecular weight is 636 g/mol. The number of carbonyl (C=O) groups is 3. The quantitative estimate of drug-likeness (QED) is 0.409. The monoisotopic (exact) mass is 635 g/mol. The predicted octanol–water partition coefficient (Wildman–Crippen LogP) is 3.50. The first-order chi connectivity index (χ1) is 20.6. The maximum atomic E-state index is 13.9. The fourth-order valence-electron chi connectivity index (χ4n) is 5.49. The summed E-state index contributed by atoms with van der Waals surface area (Å²) in [5.41, 5.74) is -0.634. The molecule has 3 aliphatic heterocycles. The topological polar surface area (TPSA) is 118 Å². The van der Waals surface area contributed by atoms with Crippen molar-refractivity contribution in [3.05, 3.63) is 68.1 Å². The van der Waals surface area contributed by atoms with E-state index in [0.717, 1.165) is 46.2 Å². The van der Waals surface area contributed by atoms with E-state index in [0.29, 0.717) is 41.8 Å². The maximum absolute atomic E-state index is 13.9. The molecule has 3 aromatic rings. The lowest BCUT2D eigenvalue weighted by Gasteiger charge is -2.30. The van der Waals surface area contributed by atoms with Crippen molar-refractivity contribution in [1.82, 2.24) is 9.88 Å². The summed E-state index contributed by atoms with van der Waals surface area (Å²) in [6, 6.07) is 8.93. The summed E-state index contributed by atoms with van der Waals surface area (Å²) in [6.07, 6.45) is -4.66. The van der Waals surface area contributed by atoms with Crippen LogP contribution in [0.15, 0.2) is 52.3 Å². The second kappa shape index (κ2) is 11.4. The predicted molar refractivity (Wildman–Crippen MR) is 150 cm³/mol. The molecule has 3 atom stereocenters. The third-order valence-corrected chi connectivity index (χ3v) is 9.92. The number of benzene rings is 2. The zero-order valence-corrected chi connectivity index (χ0v) is 24.1. The lowest BCUT2D eigenvalue weighted by Crippen LogP contribution is -2.43. The zero-order chi connectivity index (χ0) is 30.5. The van der Waals surface area contributed by atoms with Gasteiger partial charge in [-0.05, 0) is 35.9 Å². The van der Waals surface area contributed by atoms with Crippen LogP contribution >= 0.6 is 23.1 Å². The number of nitrogens with one attached hydrogen (secondary N) is 1. The highest BCUT2D eigenvalue weighted by atomic mass is 32.2. The number of carbonyl (C=O) groups excluding carboxylic acids is 3. The summed E-state index contributed by atoms with van der Waals surface area (Å²) >= 11 is 1.92. The maximum Gasteiger partial charge on any atom is 0.416 e. The molecular weight excluding hydrogens is 611 g/mol. The Labute approximate surface area is 250 Å². The minimum Gasteiger partial charge on any atom is -0.493 e. The Morgan fingerprint density at radius 3 is 2.56 bits per heavy atom. The van der Waals surface area contributed by atoms with Crippen molar-refractivity contribution in [3.63, 3.8) is 0 Å². The van der Waals surface area contributed by atoms with Crippen molar-refractivity contribution in [3.8, 4) is 11.5 Å². The fraction of sp³-hybridized carbons (Fsp3) is 0.357. The van der Waals surface area contributed by atoms with Gasteiger partial charge in [0.2, 0.25) is 11.8 Å². The Kier molecular flexibility index (Phi) is 7.73. The second-order valence-corrected chi connectivity index (χ2v) is 12.2. The Balaban J connectivity index is 1.33. The van der Waals surface area contributed by atoms with E-state index in [1.807, 2.05) is 0 Å². The van der Waals surface area contributed by atoms with Gasteiger partial charge in [0.1, 0.15) is 5.25 Å². The first-order valence-electron chi connectivity index (χ1n) is 13.2. The third-order valence-electron chi connectivity index (χ3n) is 7.52. The Morgan fingerprint density at radius 1 is 1.07 bits per heavy atom. The Bertz CT molecular complexity index is 1650. The van der Waals surface area contributed by atoms with E-state index in [2.05, 4.69) is 4.98 Å². The van der Waals surface area contributed by atoms with Gasteiger partial charge in [-0.15, -0.1) is 0 Å². The number of hydrogen-bond acceptors (Lipinski definition) is 9. The molecule has 3 aliphatic rings. The molecule has 0 spiro atoms. The summed E-state index contributed by atoms with van der Waals surface area (Å²) in [6.45, 7) is 1.60. The second-order valence-electron chi connectivity index (χ2n) is 10.0. The van der Waals surface area contributed by atoms with Gasteiger partial charge in [-0.2, -0.15) is 13.2 Å². The molecule has 0 aliphatic carbocycles. The minimum absolute atomic E-state index is 0.179. The SMILES string of the molecule is COc1cc(C2c3sc(=O)[nH]c3SC3C(=O)N(c4cccc(C(F)(F)F)c4)C(=O)C32)ccc1OCC(=O)N1CCOCC1. The van der Waals surface area contributed by atoms with Crippen LogP contribution in [-0.4, -0.2) is 72.9 Å². The molecule has 0 radical (unpaired) electrons. The van der Waals surface area contributed by atoms with Gasteiger partial charge < -0.3 is 24.1 Å². The molecule has 0 bridgehead atoms. The molecule has 2 aromatic carbocycles. The van der Waals surface area contributed by atoms with Gasteiger partial charge in [0.15, 0.2) is 18.1 Å². The van der Waals surface area contributed by atoms with Crippen molar-refractivity contribution in [2.75, 3.05) is 44.9 Å². The number of H-pyrrole nitrogens is 1. The highest BCUT2D eigenvalue weighted by Crippen LogP contribution is 2.54. The molecule has 1 aromatic heterocycles. The highest BCUT2D eigenvalue weighted by molar-refractivity contribution is 8.00. The Morgan fingerprint density at radius 2 is 1.84 bits per heavy atom. The number of halogens is 3. The highest BCUT2D eigenvalue weighted by Gasteiger charge is 2.56. The number of methoxy groups -OCH3 is 1. The molecule has 1 N–H and O–H groups in total. The summed E-state index contributed by atoms with van der Waals surface area (Å²) in [5.74, 6) is -2.81. The van der Waals surface area contributed by atoms with Crippen LogP contribution in [0.5, 0.6) is 11.5 Å². The third kappa shape index (κ3) is 5.40. The number of morpholine rings is 1. The van der Waals surface area contributed by atoms with Crippen LogP contribution in [0.3, 0.4) is 0 Å². The zero-order valence-electron chi connectivity index (χ0n) is 22.5. The molecule has 15 heteroatoms. The fourth-order valence-corrected chi connectivity index (χ4v) is 8.01. The lowest BCUT2D eigenvalue weighted by molar-refractivity contribution is -0.138. The number of imide groups is 1. The summed E-state index contributed by atoms with van der Waals surface area (Å²) in [5, 5.41) is -0.568.